The van der Waals surface area contributed by atoms with Gasteiger partial charge in [0.2, 0.25) is 11.8 Å². The number of carbonyl (C=O) groups is 2. The third-order valence-corrected chi connectivity index (χ3v) is 4.15. The van der Waals surface area contributed by atoms with Crippen LogP contribution in [0.2, 0.25) is 0 Å². The van der Waals surface area contributed by atoms with Gasteiger partial charge in [0.1, 0.15) is 0 Å². The molecule has 0 saturated carbocycles. The van der Waals surface area contributed by atoms with Crippen LogP contribution >= 0.6 is 0 Å². The summed E-state index contributed by atoms with van der Waals surface area (Å²) in [6.45, 7) is 2.14. The molecule has 2 N–H and O–H groups in total. The largest absolute Gasteiger partial charge is 0.361 e. The summed E-state index contributed by atoms with van der Waals surface area (Å²) in [5.41, 5.74) is 2.02. The number of likely N-dealkylation sites (tertiary alicyclic amines) is 1. The second-order valence-electron chi connectivity index (χ2n) is 5.72. The lowest BCUT2D eigenvalue weighted by Gasteiger charge is -2.15. The lowest BCUT2D eigenvalue weighted by molar-refractivity contribution is -0.130. The first-order valence-corrected chi connectivity index (χ1v) is 7.83. The first kappa shape index (κ1) is 14.6. The summed E-state index contributed by atoms with van der Waals surface area (Å²) in [5.74, 6) is 0.101. The minimum Gasteiger partial charge on any atom is -0.361 e. The standard InChI is InChI=1S/C17H21N3O2/c21-16(18-8-7-17(22)20-9-3-4-10-20)11-13-12-19-15-6-2-1-5-14(13)15/h1-2,5-6,12,19H,3-4,7-11H2,(H,18,21). The summed E-state index contributed by atoms with van der Waals surface area (Å²) in [7, 11) is 0. The third kappa shape index (κ3) is 3.30. The van der Waals surface area contributed by atoms with Crippen molar-refractivity contribution in [1.82, 2.24) is 15.2 Å². The Bertz CT molecular complexity index is 671. The number of nitrogens with zero attached hydrogens (tertiary/aromatic N) is 1. The van der Waals surface area contributed by atoms with Gasteiger partial charge >= 0.3 is 0 Å². The highest BCUT2D eigenvalue weighted by atomic mass is 16.2. The summed E-state index contributed by atoms with van der Waals surface area (Å²) in [6.07, 6.45) is 4.79. The van der Waals surface area contributed by atoms with Crippen LogP contribution in [0.15, 0.2) is 30.5 Å². The van der Waals surface area contributed by atoms with Crippen molar-refractivity contribution in [2.24, 2.45) is 0 Å². The number of rotatable bonds is 5. The minimum atomic E-state index is -0.0426. The molecule has 0 unspecified atom stereocenters. The van der Waals surface area contributed by atoms with Crippen LogP contribution in [0.3, 0.4) is 0 Å². The van der Waals surface area contributed by atoms with E-state index in [9.17, 15) is 9.59 Å². The van der Waals surface area contributed by atoms with Gasteiger partial charge < -0.3 is 15.2 Å². The molecule has 1 fully saturated rings. The molecular weight excluding hydrogens is 278 g/mol. The molecule has 2 aromatic rings. The number of nitrogens with one attached hydrogen (secondary N) is 2. The van der Waals surface area contributed by atoms with Gasteiger partial charge in [-0.15, -0.1) is 0 Å². The predicted molar refractivity (Wildman–Crippen MR) is 85.4 cm³/mol. The molecule has 3 rings (SSSR count). The maximum Gasteiger partial charge on any atom is 0.224 e. The molecule has 22 heavy (non-hydrogen) atoms. The maximum atomic E-state index is 12.0. The first-order chi connectivity index (χ1) is 10.7. The highest BCUT2D eigenvalue weighted by Crippen LogP contribution is 2.17. The van der Waals surface area contributed by atoms with E-state index in [1.54, 1.807) is 0 Å². The summed E-state index contributed by atoms with van der Waals surface area (Å²) >= 11 is 0. The Morgan fingerprint density at radius 3 is 2.77 bits per heavy atom. The van der Waals surface area contributed by atoms with Crippen LogP contribution in [0.5, 0.6) is 0 Å². The van der Waals surface area contributed by atoms with Crippen molar-refractivity contribution in [2.75, 3.05) is 19.6 Å². The maximum absolute atomic E-state index is 12.0. The molecule has 1 aliphatic rings. The Balaban J connectivity index is 1.47. The first-order valence-electron chi connectivity index (χ1n) is 7.83. The highest BCUT2D eigenvalue weighted by Gasteiger charge is 2.17. The Morgan fingerprint density at radius 1 is 1.18 bits per heavy atom. The van der Waals surface area contributed by atoms with Crippen LogP contribution in [0, 0.1) is 0 Å². The molecule has 1 aliphatic heterocycles. The van der Waals surface area contributed by atoms with Crippen molar-refractivity contribution >= 4 is 22.7 Å². The molecule has 5 nitrogen and oxygen atoms in total. The van der Waals surface area contributed by atoms with E-state index in [1.165, 1.54) is 0 Å². The van der Waals surface area contributed by atoms with Gasteiger partial charge in [0.05, 0.1) is 6.42 Å². The van der Waals surface area contributed by atoms with Crippen molar-refractivity contribution in [2.45, 2.75) is 25.7 Å². The number of fused-ring (bicyclic) bond motifs is 1. The van der Waals surface area contributed by atoms with E-state index in [0.717, 1.165) is 42.4 Å². The van der Waals surface area contributed by atoms with E-state index in [1.807, 2.05) is 35.4 Å². The van der Waals surface area contributed by atoms with Gasteiger partial charge in [-0.1, -0.05) is 18.2 Å². The fourth-order valence-electron chi connectivity index (χ4n) is 2.95. The molecule has 2 amide bonds. The van der Waals surface area contributed by atoms with Gasteiger partial charge in [-0.3, -0.25) is 9.59 Å². The second kappa shape index (κ2) is 6.64. The van der Waals surface area contributed by atoms with Crippen LogP contribution < -0.4 is 5.32 Å². The minimum absolute atomic E-state index is 0.0426. The zero-order valence-electron chi connectivity index (χ0n) is 12.6. The van der Waals surface area contributed by atoms with Gasteiger partial charge in [0.15, 0.2) is 0 Å². The lowest BCUT2D eigenvalue weighted by atomic mass is 10.1. The topological polar surface area (TPSA) is 65.2 Å². The quantitative estimate of drug-likeness (QED) is 0.885. The highest BCUT2D eigenvalue weighted by molar-refractivity contribution is 5.89. The number of aromatic nitrogens is 1. The Kier molecular flexibility index (Phi) is 4.42. The number of aromatic amines is 1. The molecule has 116 valence electrons. The Morgan fingerprint density at radius 2 is 1.95 bits per heavy atom. The van der Waals surface area contributed by atoms with Gasteiger partial charge in [0.25, 0.3) is 0 Å². The zero-order valence-corrected chi connectivity index (χ0v) is 12.6. The average Bonchev–Trinajstić information content (AvgIpc) is 3.17. The molecule has 2 heterocycles. The Hall–Kier alpha value is -2.30. The molecule has 0 radical (unpaired) electrons. The number of H-pyrrole nitrogens is 1. The number of para-hydroxylation sites is 1. The molecule has 1 saturated heterocycles. The van der Waals surface area contributed by atoms with E-state index >= 15 is 0 Å². The monoisotopic (exact) mass is 299 g/mol. The van der Waals surface area contributed by atoms with Crippen molar-refractivity contribution in [3.63, 3.8) is 0 Å². The van der Waals surface area contributed by atoms with Gasteiger partial charge in [0, 0.05) is 43.2 Å². The Labute approximate surface area is 129 Å². The molecule has 1 aromatic heterocycles. The van der Waals surface area contributed by atoms with Crippen molar-refractivity contribution in [3.05, 3.63) is 36.0 Å². The number of benzene rings is 1. The molecule has 0 spiro atoms. The number of hydrogen-bond donors (Lipinski definition) is 2. The smallest absolute Gasteiger partial charge is 0.224 e. The van der Waals surface area contributed by atoms with Gasteiger partial charge in [-0.05, 0) is 24.5 Å². The van der Waals surface area contributed by atoms with E-state index in [0.29, 0.717) is 19.4 Å². The molecule has 0 aliphatic carbocycles. The summed E-state index contributed by atoms with van der Waals surface area (Å²) < 4.78 is 0. The van der Waals surface area contributed by atoms with Crippen LogP contribution in [0.1, 0.15) is 24.8 Å². The fraction of sp³-hybridized carbons (Fsp3) is 0.412. The van der Waals surface area contributed by atoms with Gasteiger partial charge in [-0.2, -0.15) is 0 Å². The molecule has 5 heteroatoms. The predicted octanol–water partition coefficient (Wildman–Crippen LogP) is 1.84. The van der Waals surface area contributed by atoms with Crippen LogP contribution in [-0.4, -0.2) is 41.3 Å². The number of carbonyl (C=O) groups excluding carboxylic acids is 2. The average molecular weight is 299 g/mol. The molecule has 0 atom stereocenters. The van der Waals surface area contributed by atoms with E-state index in [4.69, 9.17) is 0 Å². The van der Waals surface area contributed by atoms with Crippen LogP contribution in [-0.2, 0) is 16.0 Å². The SMILES string of the molecule is O=C(Cc1c[nH]c2ccccc12)NCCC(=O)N1CCCC1. The molecule has 1 aromatic carbocycles. The second-order valence-corrected chi connectivity index (χ2v) is 5.72. The van der Waals surface area contributed by atoms with E-state index in [-0.39, 0.29) is 11.8 Å². The fourth-order valence-corrected chi connectivity index (χ4v) is 2.95. The molecular formula is C17H21N3O2. The normalized spacial score (nSPS) is 14.5. The van der Waals surface area contributed by atoms with Gasteiger partial charge in [-0.25, -0.2) is 0 Å². The lowest BCUT2D eigenvalue weighted by Crippen LogP contribution is -2.33. The van der Waals surface area contributed by atoms with Crippen LogP contribution in [0.25, 0.3) is 10.9 Å². The summed E-state index contributed by atoms with van der Waals surface area (Å²) in [5, 5.41) is 3.91. The molecule has 0 bridgehead atoms. The summed E-state index contributed by atoms with van der Waals surface area (Å²) in [4.78, 5) is 28.9. The zero-order chi connectivity index (χ0) is 15.4. The third-order valence-electron chi connectivity index (χ3n) is 4.15. The number of hydrogen-bond acceptors (Lipinski definition) is 2. The van der Waals surface area contributed by atoms with E-state index < -0.39 is 0 Å². The number of amides is 2. The summed E-state index contributed by atoms with van der Waals surface area (Å²) in [6, 6.07) is 7.93. The van der Waals surface area contributed by atoms with Crippen LogP contribution in [0.4, 0.5) is 0 Å². The van der Waals surface area contributed by atoms with Crippen molar-refractivity contribution in [1.29, 1.82) is 0 Å². The van der Waals surface area contributed by atoms with Crippen molar-refractivity contribution < 1.29 is 9.59 Å². The van der Waals surface area contributed by atoms with Crippen molar-refractivity contribution in [3.8, 4) is 0 Å². The van der Waals surface area contributed by atoms with E-state index in [2.05, 4.69) is 10.3 Å².